The van der Waals surface area contributed by atoms with Crippen LogP contribution in [0.15, 0.2) is 0 Å². The van der Waals surface area contributed by atoms with Gasteiger partial charge in [0, 0.05) is 12.8 Å². The van der Waals surface area contributed by atoms with Gasteiger partial charge in [-0.15, -0.1) is 0 Å². The third-order valence-electron chi connectivity index (χ3n) is 3.57. The van der Waals surface area contributed by atoms with Gasteiger partial charge in [0.1, 0.15) is 5.78 Å². The van der Waals surface area contributed by atoms with Gasteiger partial charge in [-0.25, -0.2) is 0 Å². The molecule has 1 nitrogen and oxygen atoms in total. The Bertz CT molecular complexity index is 168. The maximum absolute atomic E-state index is 11.3. The SMILES string of the molecule is CCCC(=O)CCCCC1CCCCC1. The van der Waals surface area contributed by atoms with E-state index in [0.29, 0.717) is 5.78 Å². The van der Waals surface area contributed by atoms with Gasteiger partial charge < -0.3 is 0 Å². The zero-order chi connectivity index (χ0) is 10.9. The summed E-state index contributed by atoms with van der Waals surface area (Å²) in [5.74, 6) is 1.46. The Morgan fingerprint density at radius 2 is 1.80 bits per heavy atom. The predicted molar refractivity (Wildman–Crippen MR) is 65.0 cm³/mol. The fraction of sp³-hybridized carbons (Fsp3) is 0.929. The Labute approximate surface area is 94.6 Å². The molecule has 1 aliphatic carbocycles. The second-order valence-electron chi connectivity index (χ2n) is 5.04. The van der Waals surface area contributed by atoms with Crippen molar-refractivity contribution >= 4 is 5.78 Å². The molecule has 15 heavy (non-hydrogen) atoms. The smallest absolute Gasteiger partial charge is 0.132 e. The lowest BCUT2D eigenvalue weighted by molar-refractivity contribution is -0.119. The molecule has 0 spiro atoms. The lowest BCUT2D eigenvalue weighted by atomic mass is 9.85. The monoisotopic (exact) mass is 210 g/mol. The summed E-state index contributed by atoms with van der Waals surface area (Å²) in [5.41, 5.74) is 0. The summed E-state index contributed by atoms with van der Waals surface area (Å²) in [5, 5.41) is 0. The Morgan fingerprint density at radius 1 is 1.07 bits per heavy atom. The minimum absolute atomic E-state index is 0.473. The van der Waals surface area contributed by atoms with Gasteiger partial charge in [0.2, 0.25) is 0 Å². The molecule has 0 aromatic heterocycles. The molecule has 0 N–H and O–H groups in total. The van der Waals surface area contributed by atoms with E-state index in [1.54, 1.807) is 0 Å². The number of unbranched alkanes of at least 4 members (excludes halogenated alkanes) is 1. The lowest BCUT2D eigenvalue weighted by Crippen LogP contribution is -2.06. The summed E-state index contributed by atoms with van der Waals surface area (Å²) >= 11 is 0. The van der Waals surface area contributed by atoms with Gasteiger partial charge in [-0.05, 0) is 18.8 Å². The zero-order valence-corrected chi connectivity index (χ0v) is 10.3. The number of rotatable bonds is 7. The molecule has 0 radical (unpaired) electrons. The molecule has 1 rings (SSSR count). The molecule has 1 saturated carbocycles. The van der Waals surface area contributed by atoms with Crippen LogP contribution < -0.4 is 0 Å². The summed E-state index contributed by atoms with van der Waals surface area (Å²) in [7, 11) is 0. The minimum atomic E-state index is 0.473. The first kappa shape index (κ1) is 12.7. The average molecular weight is 210 g/mol. The van der Waals surface area contributed by atoms with E-state index in [2.05, 4.69) is 6.92 Å². The highest BCUT2D eigenvalue weighted by Gasteiger charge is 2.12. The second-order valence-corrected chi connectivity index (χ2v) is 5.04. The van der Waals surface area contributed by atoms with Crippen molar-refractivity contribution in [3.8, 4) is 0 Å². The van der Waals surface area contributed by atoms with Crippen LogP contribution in [0, 0.1) is 5.92 Å². The number of hydrogen-bond donors (Lipinski definition) is 0. The van der Waals surface area contributed by atoms with Crippen LogP contribution in [-0.2, 0) is 4.79 Å². The van der Waals surface area contributed by atoms with Crippen LogP contribution in [0.3, 0.4) is 0 Å². The van der Waals surface area contributed by atoms with Crippen molar-refractivity contribution in [2.24, 2.45) is 5.92 Å². The van der Waals surface area contributed by atoms with E-state index in [4.69, 9.17) is 0 Å². The zero-order valence-electron chi connectivity index (χ0n) is 10.3. The van der Waals surface area contributed by atoms with Gasteiger partial charge in [0.15, 0.2) is 0 Å². The molecule has 1 heteroatoms. The van der Waals surface area contributed by atoms with Crippen LogP contribution in [-0.4, -0.2) is 5.78 Å². The number of hydrogen-bond acceptors (Lipinski definition) is 1. The van der Waals surface area contributed by atoms with E-state index in [9.17, 15) is 4.79 Å². The van der Waals surface area contributed by atoms with Gasteiger partial charge in [0.25, 0.3) is 0 Å². The Hall–Kier alpha value is -0.330. The van der Waals surface area contributed by atoms with Gasteiger partial charge >= 0.3 is 0 Å². The Kier molecular flexibility index (Phi) is 6.71. The summed E-state index contributed by atoms with van der Waals surface area (Å²) in [6.45, 7) is 2.08. The van der Waals surface area contributed by atoms with Crippen LogP contribution in [0.4, 0.5) is 0 Å². The molecule has 0 aromatic rings. The molecule has 1 aliphatic rings. The third kappa shape index (κ3) is 5.96. The highest BCUT2D eigenvalue weighted by molar-refractivity contribution is 5.78. The highest BCUT2D eigenvalue weighted by atomic mass is 16.1. The Morgan fingerprint density at radius 3 is 2.47 bits per heavy atom. The average Bonchev–Trinajstić information content (AvgIpc) is 2.26. The van der Waals surface area contributed by atoms with Crippen molar-refractivity contribution in [1.82, 2.24) is 0 Å². The molecule has 0 unspecified atom stereocenters. The van der Waals surface area contributed by atoms with Crippen LogP contribution in [0.2, 0.25) is 0 Å². The topological polar surface area (TPSA) is 17.1 Å². The quantitative estimate of drug-likeness (QED) is 0.566. The van der Waals surface area contributed by atoms with Gasteiger partial charge in [-0.1, -0.05) is 51.9 Å². The highest BCUT2D eigenvalue weighted by Crippen LogP contribution is 2.27. The molecule has 88 valence electrons. The van der Waals surface area contributed by atoms with Crippen LogP contribution in [0.1, 0.15) is 77.6 Å². The fourth-order valence-electron chi connectivity index (χ4n) is 2.63. The molecule has 0 atom stereocenters. The van der Waals surface area contributed by atoms with E-state index in [-0.39, 0.29) is 0 Å². The minimum Gasteiger partial charge on any atom is -0.300 e. The normalized spacial score (nSPS) is 17.9. The summed E-state index contributed by atoms with van der Waals surface area (Å²) in [6.07, 6.45) is 13.7. The summed E-state index contributed by atoms with van der Waals surface area (Å²) < 4.78 is 0. The van der Waals surface area contributed by atoms with Crippen LogP contribution in [0.25, 0.3) is 0 Å². The van der Waals surface area contributed by atoms with Gasteiger partial charge in [-0.2, -0.15) is 0 Å². The molecule has 0 heterocycles. The van der Waals surface area contributed by atoms with E-state index >= 15 is 0 Å². The maximum Gasteiger partial charge on any atom is 0.132 e. The largest absolute Gasteiger partial charge is 0.300 e. The first-order valence-electron chi connectivity index (χ1n) is 6.84. The molecule has 0 aliphatic heterocycles. The maximum atomic E-state index is 11.3. The third-order valence-corrected chi connectivity index (χ3v) is 3.57. The van der Waals surface area contributed by atoms with Crippen molar-refractivity contribution in [3.05, 3.63) is 0 Å². The second kappa shape index (κ2) is 7.90. The predicted octanol–water partition coefficient (Wildman–Crippen LogP) is 4.50. The molecular formula is C14H26O. The first-order valence-corrected chi connectivity index (χ1v) is 6.84. The van der Waals surface area contributed by atoms with Crippen molar-refractivity contribution in [2.45, 2.75) is 77.6 Å². The molecule has 1 fully saturated rings. The fourth-order valence-corrected chi connectivity index (χ4v) is 2.63. The van der Waals surface area contributed by atoms with E-state index in [1.165, 1.54) is 44.9 Å². The Balaban J connectivity index is 1.93. The number of Topliss-reactive ketones (excluding diaryl/α,β-unsaturated/α-hetero) is 1. The van der Waals surface area contributed by atoms with Crippen LogP contribution >= 0.6 is 0 Å². The standard InChI is InChI=1S/C14H26O/c1-2-8-14(15)12-7-6-11-13-9-4-3-5-10-13/h13H,2-12H2,1H3. The molecule has 0 saturated heterocycles. The van der Waals surface area contributed by atoms with E-state index in [1.807, 2.05) is 0 Å². The van der Waals surface area contributed by atoms with E-state index in [0.717, 1.165) is 31.6 Å². The van der Waals surface area contributed by atoms with Crippen molar-refractivity contribution in [2.75, 3.05) is 0 Å². The van der Waals surface area contributed by atoms with Crippen molar-refractivity contribution < 1.29 is 4.79 Å². The van der Waals surface area contributed by atoms with Gasteiger partial charge in [0.05, 0.1) is 0 Å². The molecular weight excluding hydrogens is 184 g/mol. The van der Waals surface area contributed by atoms with E-state index < -0.39 is 0 Å². The van der Waals surface area contributed by atoms with Crippen molar-refractivity contribution in [1.29, 1.82) is 0 Å². The summed E-state index contributed by atoms with van der Waals surface area (Å²) in [4.78, 5) is 11.3. The molecule has 0 aromatic carbocycles. The first-order chi connectivity index (χ1) is 7.33. The number of carbonyl (C=O) groups excluding carboxylic acids is 1. The van der Waals surface area contributed by atoms with Gasteiger partial charge in [-0.3, -0.25) is 4.79 Å². The summed E-state index contributed by atoms with van der Waals surface area (Å²) in [6, 6.07) is 0. The number of ketones is 1. The lowest BCUT2D eigenvalue weighted by Gasteiger charge is -2.21. The molecule has 0 bridgehead atoms. The molecule has 0 amide bonds. The van der Waals surface area contributed by atoms with Crippen molar-refractivity contribution in [3.63, 3.8) is 0 Å². The van der Waals surface area contributed by atoms with Crippen LogP contribution in [0.5, 0.6) is 0 Å². The number of carbonyl (C=O) groups is 1.